The van der Waals surface area contributed by atoms with E-state index in [9.17, 15) is 13.6 Å². The fourth-order valence-electron chi connectivity index (χ4n) is 2.30. The molecule has 0 aromatic heterocycles. The van der Waals surface area contributed by atoms with E-state index in [1.807, 2.05) is 13.8 Å². The summed E-state index contributed by atoms with van der Waals surface area (Å²) in [5.41, 5.74) is -0.462. The van der Waals surface area contributed by atoms with Crippen LogP contribution in [0.25, 0.3) is 0 Å². The Bertz CT molecular complexity index is 457. The molecule has 2 nitrogen and oxygen atoms in total. The van der Waals surface area contributed by atoms with E-state index in [0.717, 1.165) is 18.9 Å². The quantitative estimate of drug-likeness (QED) is 0.737. The Morgan fingerprint density at radius 2 is 2.06 bits per heavy atom. The SMILES string of the molecule is CC1(C)CCCN1C(=O)c1cccc(F)c1F. The Balaban J connectivity index is 2.35. The molecule has 0 radical (unpaired) electrons. The van der Waals surface area contributed by atoms with Crippen LogP contribution in [0.15, 0.2) is 18.2 Å². The Morgan fingerprint density at radius 3 is 2.65 bits per heavy atom. The second kappa shape index (κ2) is 4.09. The maximum Gasteiger partial charge on any atom is 0.257 e. The molecule has 1 aliphatic rings. The number of nitrogens with zero attached hydrogens (tertiary/aromatic N) is 1. The summed E-state index contributed by atoms with van der Waals surface area (Å²) in [5, 5.41) is 0. The summed E-state index contributed by atoms with van der Waals surface area (Å²) in [6.07, 6.45) is 1.78. The highest BCUT2D eigenvalue weighted by Gasteiger charge is 2.36. The van der Waals surface area contributed by atoms with Gasteiger partial charge in [-0.15, -0.1) is 0 Å². The van der Waals surface area contributed by atoms with E-state index in [1.165, 1.54) is 12.1 Å². The molecule has 0 bridgehead atoms. The molecule has 0 atom stereocenters. The van der Waals surface area contributed by atoms with Gasteiger partial charge in [-0.1, -0.05) is 6.07 Å². The van der Waals surface area contributed by atoms with Crippen LogP contribution in [0.2, 0.25) is 0 Å². The van der Waals surface area contributed by atoms with Crippen LogP contribution in [0.1, 0.15) is 37.0 Å². The fraction of sp³-hybridized carbons (Fsp3) is 0.462. The number of hydrogen-bond donors (Lipinski definition) is 0. The van der Waals surface area contributed by atoms with Gasteiger partial charge in [-0.3, -0.25) is 4.79 Å². The molecule has 1 aliphatic heterocycles. The number of hydrogen-bond acceptors (Lipinski definition) is 1. The van der Waals surface area contributed by atoms with E-state index in [1.54, 1.807) is 4.90 Å². The zero-order chi connectivity index (χ0) is 12.6. The Morgan fingerprint density at radius 1 is 1.35 bits per heavy atom. The van der Waals surface area contributed by atoms with Crippen LogP contribution in [0.4, 0.5) is 8.78 Å². The molecule has 4 heteroatoms. The highest BCUT2D eigenvalue weighted by atomic mass is 19.2. The second-order valence-electron chi connectivity index (χ2n) is 4.97. The average molecular weight is 239 g/mol. The molecule has 1 fully saturated rings. The predicted molar refractivity (Wildman–Crippen MR) is 60.7 cm³/mol. The third-order valence-corrected chi connectivity index (χ3v) is 3.33. The summed E-state index contributed by atoms with van der Waals surface area (Å²) in [7, 11) is 0. The lowest BCUT2D eigenvalue weighted by Crippen LogP contribution is -2.43. The number of likely N-dealkylation sites (tertiary alicyclic amines) is 1. The molecule has 2 rings (SSSR count). The number of carbonyl (C=O) groups excluding carboxylic acids is 1. The van der Waals surface area contributed by atoms with E-state index in [2.05, 4.69) is 0 Å². The van der Waals surface area contributed by atoms with Crippen molar-refractivity contribution in [2.75, 3.05) is 6.54 Å². The van der Waals surface area contributed by atoms with Crippen molar-refractivity contribution < 1.29 is 13.6 Å². The minimum atomic E-state index is -1.06. The average Bonchev–Trinajstić information content (AvgIpc) is 2.61. The van der Waals surface area contributed by atoms with Gasteiger partial charge in [0, 0.05) is 12.1 Å². The predicted octanol–water partition coefficient (Wildman–Crippen LogP) is 2.98. The van der Waals surface area contributed by atoms with Gasteiger partial charge in [0.25, 0.3) is 5.91 Å². The summed E-state index contributed by atoms with van der Waals surface area (Å²) >= 11 is 0. The summed E-state index contributed by atoms with van der Waals surface area (Å²) < 4.78 is 26.6. The molecule has 0 N–H and O–H groups in total. The van der Waals surface area contributed by atoms with Crippen molar-refractivity contribution in [3.05, 3.63) is 35.4 Å². The maximum atomic E-state index is 13.5. The largest absolute Gasteiger partial charge is 0.333 e. The lowest BCUT2D eigenvalue weighted by molar-refractivity contribution is 0.0646. The van der Waals surface area contributed by atoms with Crippen LogP contribution in [-0.2, 0) is 0 Å². The zero-order valence-corrected chi connectivity index (χ0v) is 9.96. The van der Waals surface area contributed by atoms with Crippen molar-refractivity contribution in [3.63, 3.8) is 0 Å². The minimum Gasteiger partial charge on any atom is -0.333 e. The van der Waals surface area contributed by atoms with Crippen LogP contribution >= 0.6 is 0 Å². The summed E-state index contributed by atoms with van der Waals surface area (Å²) in [6.45, 7) is 4.48. The topological polar surface area (TPSA) is 20.3 Å². The third-order valence-electron chi connectivity index (χ3n) is 3.33. The molecule has 1 aromatic rings. The van der Waals surface area contributed by atoms with Crippen molar-refractivity contribution in [2.45, 2.75) is 32.2 Å². The Kier molecular flexibility index (Phi) is 2.89. The summed E-state index contributed by atoms with van der Waals surface area (Å²) in [6, 6.07) is 3.70. The first kappa shape index (κ1) is 12.0. The van der Waals surface area contributed by atoms with E-state index in [-0.39, 0.29) is 11.1 Å². The van der Waals surface area contributed by atoms with Crippen molar-refractivity contribution >= 4 is 5.91 Å². The number of halogens is 2. The summed E-state index contributed by atoms with van der Waals surface area (Å²) in [4.78, 5) is 13.8. The van der Waals surface area contributed by atoms with Crippen LogP contribution in [0.5, 0.6) is 0 Å². The Hall–Kier alpha value is -1.45. The first-order chi connectivity index (χ1) is 7.93. The van der Waals surface area contributed by atoms with Gasteiger partial charge >= 0.3 is 0 Å². The molecule has 92 valence electrons. The van der Waals surface area contributed by atoms with Gasteiger partial charge in [-0.05, 0) is 38.8 Å². The smallest absolute Gasteiger partial charge is 0.257 e. The molecule has 1 heterocycles. The first-order valence-electron chi connectivity index (χ1n) is 5.69. The second-order valence-corrected chi connectivity index (χ2v) is 4.97. The molecule has 1 aromatic carbocycles. The van der Waals surface area contributed by atoms with E-state index in [0.29, 0.717) is 6.54 Å². The number of rotatable bonds is 1. The third kappa shape index (κ3) is 2.04. The lowest BCUT2D eigenvalue weighted by atomic mass is 10.0. The molecule has 0 aliphatic carbocycles. The van der Waals surface area contributed by atoms with Gasteiger partial charge in [0.15, 0.2) is 11.6 Å². The van der Waals surface area contributed by atoms with Gasteiger partial charge in [0.1, 0.15) is 0 Å². The van der Waals surface area contributed by atoms with Crippen LogP contribution in [0.3, 0.4) is 0 Å². The number of benzene rings is 1. The molecule has 0 spiro atoms. The fourth-order valence-corrected chi connectivity index (χ4v) is 2.30. The number of amides is 1. The van der Waals surface area contributed by atoms with Gasteiger partial charge in [-0.2, -0.15) is 0 Å². The van der Waals surface area contributed by atoms with E-state index >= 15 is 0 Å². The standard InChI is InChI=1S/C13H15F2NO/c1-13(2)7-4-8-16(13)12(17)9-5-3-6-10(14)11(9)15/h3,5-6H,4,7-8H2,1-2H3. The van der Waals surface area contributed by atoms with Gasteiger partial charge < -0.3 is 4.90 Å². The van der Waals surface area contributed by atoms with Crippen molar-refractivity contribution in [1.29, 1.82) is 0 Å². The molecule has 1 amide bonds. The molecular formula is C13H15F2NO. The van der Waals surface area contributed by atoms with Gasteiger partial charge in [0.05, 0.1) is 5.56 Å². The summed E-state index contributed by atoms with van der Waals surface area (Å²) in [5.74, 6) is -2.46. The maximum absolute atomic E-state index is 13.5. The van der Waals surface area contributed by atoms with Crippen molar-refractivity contribution in [1.82, 2.24) is 4.90 Å². The molecule has 0 unspecified atom stereocenters. The van der Waals surface area contributed by atoms with Gasteiger partial charge in [-0.25, -0.2) is 8.78 Å². The monoisotopic (exact) mass is 239 g/mol. The normalized spacial score (nSPS) is 18.5. The molecular weight excluding hydrogens is 224 g/mol. The van der Waals surface area contributed by atoms with E-state index < -0.39 is 17.5 Å². The highest BCUT2D eigenvalue weighted by molar-refractivity contribution is 5.95. The number of carbonyl (C=O) groups is 1. The minimum absolute atomic E-state index is 0.181. The van der Waals surface area contributed by atoms with Crippen LogP contribution in [-0.4, -0.2) is 22.9 Å². The Labute approximate surface area is 99.2 Å². The highest BCUT2D eigenvalue weighted by Crippen LogP contribution is 2.30. The van der Waals surface area contributed by atoms with Crippen molar-refractivity contribution in [3.8, 4) is 0 Å². The zero-order valence-electron chi connectivity index (χ0n) is 9.96. The molecule has 1 saturated heterocycles. The van der Waals surface area contributed by atoms with E-state index in [4.69, 9.17) is 0 Å². The molecule has 17 heavy (non-hydrogen) atoms. The first-order valence-corrected chi connectivity index (χ1v) is 5.69. The lowest BCUT2D eigenvalue weighted by Gasteiger charge is -2.31. The van der Waals surface area contributed by atoms with Gasteiger partial charge in [0.2, 0.25) is 0 Å². The van der Waals surface area contributed by atoms with Crippen LogP contribution in [0, 0.1) is 11.6 Å². The molecule has 0 saturated carbocycles. The van der Waals surface area contributed by atoms with Crippen LogP contribution < -0.4 is 0 Å². The van der Waals surface area contributed by atoms with Crippen molar-refractivity contribution in [2.24, 2.45) is 0 Å².